The van der Waals surface area contributed by atoms with Crippen LogP contribution in [0.2, 0.25) is 0 Å². The first-order valence-electron chi connectivity index (χ1n) is 6.87. The number of nitrogens with zero attached hydrogens (tertiary/aromatic N) is 1. The van der Waals surface area contributed by atoms with E-state index in [2.05, 4.69) is 18.3 Å². The predicted molar refractivity (Wildman–Crippen MR) is 76.7 cm³/mol. The lowest BCUT2D eigenvalue weighted by molar-refractivity contribution is -0.131. The number of fused-ring (bicyclic) bond motifs is 1. The Morgan fingerprint density at radius 2 is 2.32 bits per heavy atom. The normalized spacial score (nSPS) is 17.3. The van der Waals surface area contributed by atoms with E-state index in [0.717, 1.165) is 24.3 Å². The van der Waals surface area contributed by atoms with Crippen molar-refractivity contribution >= 4 is 11.6 Å². The van der Waals surface area contributed by atoms with Gasteiger partial charge in [0.25, 0.3) is 5.91 Å². The molecule has 0 fully saturated rings. The summed E-state index contributed by atoms with van der Waals surface area (Å²) in [6.07, 6.45) is 2.19. The Kier molecular flexibility index (Phi) is 4.30. The minimum Gasteiger partial charge on any atom is -0.482 e. The van der Waals surface area contributed by atoms with E-state index in [1.165, 1.54) is 5.56 Å². The van der Waals surface area contributed by atoms with Crippen molar-refractivity contribution in [1.82, 2.24) is 4.90 Å². The molecule has 104 valence electrons. The molecule has 0 aromatic heterocycles. The molecule has 4 nitrogen and oxygen atoms in total. The maximum absolute atomic E-state index is 11.8. The van der Waals surface area contributed by atoms with Crippen LogP contribution in [-0.2, 0) is 11.2 Å². The number of likely N-dealkylation sites (N-methyl/N-ethyl adjacent to an activating group) is 1. The lowest BCUT2D eigenvalue weighted by Crippen LogP contribution is -2.31. The monoisotopic (exact) mass is 262 g/mol. The van der Waals surface area contributed by atoms with E-state index < -0.39 is 0 Å². The van der Waals surface area contributed by atoms with Crippen molar-refractivity contribution in [2.45, 2.75) is 32.7 Å². The first kappa shape index (κ1) is 13.7. The van der Waals surface area contributed by atoms with Gasteiger partial charge < -0.3 is 15.0 Å². The van der Waals surface area contributed by atoms with Gasteiger partial charge in [0.1, 0.15) is 5.75 Å². The summed E-state index contributed by atoms with van der Waals surface area (Å²) in [6, 6.07) is 6.47. The number of benzene rings is 1. The molecule has 0 saturated heterocycles. The number of amides is 1. The summed E-state index contributed by atoms with van der Waals surface area (Å²) in [5.74, 6) is 0.783. The summed E-state index contributed by atoms with van der Waals surface area (Å²) in [4.78, 5) is 13.4. The number of hydrogen-bond acceptors (Lipinski definition) is 3. The SMILES string of the molecule is CCN(C)C(=O)COc1cccc2c1NC(C)CC2. The van der Waals surface area contributed by atoms with Crippen LogP contribution in [0.3, 0.4) is 0 Å². The quantitative estimate of drug-likeness (QED) is 0.905. The van der Waals surface area contributed by atoms with Crippen molar-refractivity contribution < 1.29 is 9.53 Å². The molecule has 0 radical (unpaired) electrons. The first-order chi connectivity index (χ1) is 9.11. The molecule has 1 amide bonds. The Balaban J connectivity index is 2.07. The maximum Gasteiger partial charge on any atom is 0.260 e. The fraction of sp³-hybridized carbons (Fsp3) is 0.533. The number of hydrogen-bond donors (Lipinski definition) is 1. The topological polar surface area (TPSA) is 41.6 Å². The van der Waals surface area contributed by atoms with Gasteiger partial charge in [0.15, 0.2) is 6.61 Å². The third-order valence-electron chi connectivity index (χ3n) is 3.60. The first-order valence-corrected chi connectivity index (χ1v) is 6.87. The fourth-order valence-corrected chi connectivity index (χ4v) is 2.19. The highest BCUT2D eigenvalue weighted by Crippen LogP contribution is 2.33. The predicted octanol–water partition coefficient (Wildman–Crippen LogP) is 2.29. The molecule has 1 aromatic rings. The van der Waals surface area contributed by atoms with Gasteiger partial charge >= 0.3 is 0 Å². The second-order valence-electron chi connectivity index (χ2n) is 5.07. The molecular formula is C15H22N2O2. The highest BCUT2D eigenvalue weighted by molar-refractivity contribution is 5.77. The number of nitrogens with one attached hydrogen (secondary N) is 1. The molecule has 19 heavy (non-hydrogen) atoms. The summed E-state index contributed by atoms with van der Waals surface area (Å²) in [7, 11) is 1.78. The average molecular weight is 262 g/mol. The zero-order valence-corrected chi connectivity index (χ0v) is 11.9. The second-order valence-corrected chi connectivity index (χ2v) is 5.07. The van der Waals surface area contributed by atoms with E-state index in [1.807, 2.05) is 19.1 Å². The van der Waals surface area contributed by atoms with Crippen molar-refractivity contribution in [3.63, 3.8) is 0 Å². The Hall–Kier alpha value is -1.71. The van der Waals surface area contributed by atoms with E-state index in [-0.39, 0.29) is 12.5 Å². The Labute approximate surface area is 114 Å². The smallest absolute Gasteiger partial charge is 0.260 e. The van der Waals surface area contributed by atoms with E-state index in [0.29, 0.717) is 12.6 Å². The lowest BCUT2D eigenvalue weighted by Gasteiger charge is -2.26. The number of rotatable bonds is 4. The fourth-order valence-electron chi connectivity index (χ4n) is 2.19. The molecule has 0 saturated carbocycles. The second kappa shape index (κ2) is 5.95. The van der Waals surface area contributed by atoms with Crippen LogP contribution in [0.1, 0.15) is 25.8 Å². The van der Waals surface area contributed by atoms with Gasteiger partial charge in [-0.3, -0.25) is 4.79 Å². The number of aryl methyl sites for hydroxylation is 1. The van der Waals surface area contributed by atoms with E-state index >= 15 is 0 Å². The van der Waals surface area contributed by atoms with Crippen molar-refractivity contribution in [2.75, 3.05) is 25.5 Å². The zero-order valence-electron chi connectivity index (χ0n) is 11.9. The van der Waals surface area contributed by atoms with Crippen LogP contribution < -0.4 is 10.1 Å². The molecule has 1 N–H and O–H groups in total. The van der Waals surface area contributed by atoms with Crippen LogP contribution in [0.15, 0.2) is 18.2 Å². The highest BCUT2D eigenvalue weighted by Gasteiger charge is 2.18. The van der Waals surface area contributed by atoms with Crippen molar-refractivity contribution in [2.24, 2.45) is 0 Å². The largest absolute Gasteiger partial charge is 0.482 e. The lowest BCUT2D eigenvalue weighted by atomic mass is 9.98. The summed E-state index contributed by atoms with van der Waals surface area (Å²) >= 11 is 0. The molecule has 0 bridgehead atoms. The molecular weight excluding hydrogens is 240 g/mol. The summed E-state index contributed by atoms with van der Waals surface area (Å²) in [5.41, 5.74) is 2.32. The van der Waals surface area contributed by atoms with Crippen LogP contribution >= 0.6 is 0 Å². The third-order valence-corrected chi connectivity index (χ3v) is 3.60. The van der Waals surface area contributed by atoms with Gasteiger partial charge in [-0.25, -0.2) is 0 Å². The molecule has 1 aliphatic rings. The molecule has 2 rings (SSSR count). The minimum absolute atomic E-state index is 0.00367. The van der Waals surface area contributed by atoms with E-state index in [4.69, 9.17) is 4.74 Å². The molecule has 0 spiro atoms. The minimum atomic E-state index is 0.00367. The number of para-hydroxylation sites is 1. The van der Waals surface area contributed by atoms with E-state index in [1.54, 1.807) is 11.9 Å². The van der Waals surface area contributed by atoms with E-state index in [9.17, 15) is 4.79 Å². The van der Waals surface area contributed by atoms with Gasteiger partial charge in [0.2, 0.25) is 0 Å². The summed E-state index contributed by atoms with van der Waals surface area (Å²) < 4.78 is 5.68. The summed E-state index contributed by atoms with van der Waals surface area (Å²) in [5, 5.41) is 3.45. The van der Waals surface area contributed by atoms with Crippen molar-refractivity contribution in [3.8, 4) is 5.75 Å². The van der Waals surface area contributed by atoms with Gasteiger partial charge in [-0.05, 0) is 38.3 Å². The van der Waals surface area contributed by atoms with Crippen LogP contribution in [0, 0.1) is 0 Å². The third kappa shape index (κ3) is 3.19. The van der Waals surface area contributed by atoms with Crippen LogP contribution in [0.4, 0.5) is 5.69 Å². The standard InChI is InChI=1S/C15H22N2O2/c1-4-17(3)14(18)10-19-13-7-5-6-12-9-8-11(2)16-15(12)13/h5-7,11,16H,4,8-10H2,1-3H3. The van der Waals surface area contributed by atoms with Gasteiger partial charge in [-0.1, -0.05) is 12.1 Å². The molecule has 1 unspecified atom stereocenters. The molecule has 1 aliphatic heterocycles. The number of carbonyl (C=O) groups excluding carboxylic acids is 1. The van der Waals surface area contributed by atoms with Gasteiger partial charge in [0, 0.05) is 19.6 Å². The molecule has 0 aliphatic carbocycles. The van der Waals surface area contributed by atoms with Crippen molar-refractivity contribution in [3.05, 3.63) is 23.8 Å². The number of carbonyl (C=O) groups is 1. The van der Waals surface area contributed by atoms with Crippen molar-refractivity contribution in [1.29, 1.82) is 0 Å². The number of anilines is 1. The van der Waals surface area contributed by atoms with Gasteiger partial charge in [-0.2, -0.15) is 0 Å². The summed E-state index contributed by atoms with van der Waals surface area (Å²) in [6.45, 7) is 4.91. The Morgan fingerprint density at radius 3 is 3.05 bits per heavy atom. The highest BCUT2D eigenvalue weighted by atomic mass is 16.5. The van der Waals surface area contributed by atoms with Gasteiger partial charge in [0.05, 0.1) is 5.69 Å². The average Bonchev–Trinajstić information content (AvgIpc) is 2.43. The Morgan fingerprint density at radius 1 is 1.53 bits per heavy atom. The van der Waals surface area contributed by atoms with Crippen LogP contribution in [0.5, 0.6) is 5.75 Å². The van der Waals surface area contributed by atoms with Crippen LogP contribution in [0.25, 0.3) is 0 Å². The molecule has 4 heteroatoms. The zero-order chi connectivity index (χ0) is 13.8. The van der Waals surface area contributed by atoms with Gasteiger partial charge in [-0.15, -0.1) is 0 Å². The maximum atomic E-state index is 11.8. The molecule has 1 heterocycles. The Bertz CT molecular complexity index is 459. The van der Waals surface area contributed by atoms with Crippen LogP contribution in [-0.4, -0.2) is 37.0 Å². The number of ether oxygens (including phenoxy) is 1. The molecule has 1 aromatic carbocycles. The molecule has 1 atom stereocenters.